The molecule has 1 atom stereocenters. The van der Waals surface area contributed by atoms with E-state index in [4.69, 9.17) is 19.3 Å². The van der Waals surface area contributed by atoms with Gasteiger partial charge in [0.25, 0.3) is 0 Å². The van der Waals surface area contributed by atoms with Gasteiger partial charge < -0.3 is 19.3 Å². The lowest BCUT2D eigenvalue weighted by Crippen LogP contribution is -2.29. The first-order valence-electron chi connectivity index (χ1n) is 18.8. The molecule has 0 fully saturated rings. The molecule has 0 aromatic rings. The minimum absolute atomic E-state index is 0.205. The fraction of sp³-hybridized carbons (Fsp3) is 0.789. The quantitative estimate of drug-likeness (QED) is 0.0297. The predicted octanol–water partition coefficient (Wildman–Crippen LogP) is 11.0. The van der Waals surface area contributed by atoms with Crippen LogP contribution in [-0.4, -0.2) is 41.0 Å². The molecular weight excluding hydrogens is 615 g/mol. The number of carbonyl (C=O) groups excluding carboxylic acids is 2. The second-order valence-corrected chi connectivity index (χ2v) is 13.8. The Balaban J connectivity index is 3.94. The van der Waals surface area contributed by atoms with Gasteiger partial charge in [-0.25, -0.2) is 4.57 Å². The van der Waals surface area contributed by atoms with E-state index in [-0.39, 0.29) is 19.4 Å². The highest BCUT2D eigenvalue weighted by Gasteiger charge is 2.22. The van der Waals surface area contributed by atoms with E-state index in [9.17, 15) is 14.2 Å². The summed E-state index contributed by atoms with van der Waals surface area (Å²) < 4.78 is 26.2. The van der Waals surface area contributed by atoms with Crippen LogP contribution in [0.2, 0.25) is 0 Å². The van der Waals surface area contributed by atoms with E-state index in [0.29, 0.717) is 12.8 Å². The van der Waals surface area contributed by atoms with Gasteiger partial charge in [0.1, 0.15) is 6.61 Å². The molecule has 0 rings (SSSR count). The molecule has 0 radical (unpaired) electrons. The molecule has 2 N–H and O–H groups in total. The molecule has 0 saturated heterocycles. The van der Waals surface area contributed by atoms with Crippen molar-refractivity contribution in [3.8, 4) is 0 Å². The molecule has 0 aliphatic rings. The minimum Gasteiger partial charge on any atom is -0.462 e. The smallest absolute Gasteiger partial charge is 0.462 e. The van der Waals surface area contributed by atoms with Gasteiger partial charge >= 0.3 is 19.8 Å². The van der Waals surface area contributed by atoms with Gasteiger partial charge in [0.15, 0.2) is 6.10 Å². The monoisotopic (exact) mass is 684 g/mol. The van der Waals surface area contributed by atoms with Crippen LogP contribution in [0, 0.1) is 0 Å². The summed E-state index contributed by atoms with van der Waals surface area (Å²) in [6.07, 6.45) is 38.7. The molecule has 0 aromatic carbocycles. The van der Waals surface area contributed by atoms with E-state index >= 15 is 0 Å². The van der Waals surface area contributed by atoms with Crippen LogP contribution < -0.4 is 0 Å². The SMILES string of the molecule is CCC/C=C\CCCCCCCC(=O)OCC(COP(=O)(O)O)OC(=O)CCCCCCCCCCC/C=C\C/C=C\CCCCC. The lowest BCUT2D eigenvalue weighted by Gasteiger charge is -2.18. The van der Waals surface area contributed by atoms with E-state index in [1.54, 1.807) is 0 Å². The Kier molecular flexibility index (Phi) is 32.9. The highest BCUT2D eigenvalue weighted by atomic mass is 31.2. The maximum atomic E-state index is 12.4. The van der Waals surface area contributed by atoms with Gasteiger partial charge in [0.2, 0.25) is 0 Å². The summed E-state index contributed by atoms with van der Waals surface area (Å²) in [5, 5.41) is 0. The molecule has 0 aliphatic heterocycles. The standard InChI is InChI=1S/C38H69O8P/c1-3-5-7-9-11-13-15-16-17-18-19-20-21-22-23-25-27-29-31-33-38(40)46-36(35-45-47(41,42)43)34-44-37(39)32-30-28-26-24-14-12-10-8-6-4-2/h8,10-11,13,16-17,36H,3-7,9,12,14-15,18-35H2,1-2H3,(H2,41,42,43)/b10-8-,13-11-,17-16-. The summed E-state index contributed by atoms with van der Waals surface area (Å²) in [6, 6.07) is 0. The average molecular weight is 685 g/mol. The first-order chi connectivity index (χ1) is 22.8. The van der Waals surface area contributed by atoms with Crippen LogP contribution in [0.1, 0.15) is 174 Å². The van der Waals surface area contributed by atoms with Crippen LogP contribution in [0.15, 0.2) is 36.5 Å². The number of unbranched alkanes of at least 4 members (excludes halogenated alkanes) is 18. The molecule has 0 saturated carbocycles. The summed E-state index contributed by atoms with van der Waals surface area (Å²) in [7, 11) is -4.75. The lowest BCUT2D eigenvalue weighted by atomic mass is 10.1. The summed E-state index contributed by atoms with van der Waals surface area (Å²) in [5.41, 5.74) is 0. The molecule has 1 unspecified atom stereocenters. The molecule has 9 heteroatoms. The van der Waals surface area contributed by atoms with Crippen molar-refractivity contribution in [3.05, 3.63) is 36.5 Å². The Morgan fingerprint density at radius 2 is 1.00 bits per heavy atom. The third-order valence-corrected chi connectivity index (χ3v) is 8.35. The van der Waals surface area contributed by atoms with E-state index in [1.807, 2.05) is 0 Å². The normalized spacial score (nSPS) is 12.9. The van der Waals surface area contributed by atoms with Gasteiger partial charge in [0.05, 0.1) is 6.61 Å². The largest absolute Gasteiger partial charge is 0.469 e. The fourth-order valence-corrected chi connectivity index (χ4v) is 5.41. The molecule has 0 aromatic heterocycles. The predicted molar refractivity (Wildman–Crippen MR) is 193 cm³/mol. The van der Waals surface area contributed by atoms with Crippen molar-refractivity contribution in [2.24, 2.45) is 0 Å². The Morgan fingerprint density at radius 1 is 0.553 bits per heavy atom. The summed E-state index contributed by atoms with van der Waals surface area (Å²) in [5.74, 6) is -0.903. The van der Waals surface area contributed by atoms with Crippen molar-refractivity contribution >= 4 is 19.8 Å². The maximum absolute atomic E-state index is 12.4. The van der Waals surface area contributed by atoms with Crippen molar-refractivity contribution in [2.75, 3.05) is 13.2 Å². The Morgan fingerprint density at radius 3 is 1.51 bits per heavy atom. The van der Waals surface area contributed by atoms with Crippen LogP contribution in [0.4, 0.5) is 0 Å². The summed E-state index contributed by atoms with van der Waals surface area (Å²) in [4.78, 5) is 42.6. The number of hydrogen-bond donors (Lipinski definition) is 2. The van der Waals surface area contributed by atoms with Gasteiger partial charge in [-0.3, -0.25) is 14.1 Å². The number of phosphoric ester groups is 1. The number of rotatable bonds is 34. The fourth-order valence-electron chi connectivity index (χ4n) is 5.05. The Labute approximate surface area is 287 Å². The topological polar surface area (TPSA) is 119 Å². The van der Waals surface area contributed by atoms with Crippen LogP contribution >= 0.6 is 7.82 Å². The number of esters is 2. The van der Waals surface area contributed by atoms with Crippen molar-refractivity contribution < 1.29 is 37.9 Å². The van der Waals surface area contributed by atoms with E-state index in [0.717, 1.165) is 70.6 Å². The molecule has 0 bridgehead atoms. The van der Waals surface area contributed by atoms with E-state index in [1.165, 1.54) is 64.2 Å². The summed E-state index contributed by atoms with van der Waals surface area (Å²) >= 11 is 0. The average Bonchev–Trinajstić information content (AvgIpc) is 3.04. The molecule has 0 spiro atoms. The van der Waals surface area contributed by atoms with E-state index in [2.05, 4.69) is 54.8 Å². The number of ether oxygens (including phenoxy) is 2. The van der Waals surface area contributed by atoms with Gasteiger partial charge in [0, 0.05) is 12.8 Å². The van der Waals surface area contributed by atoms with Crippen LogP contribution in [-0.2, 0) is 28.2 Å². The zero-order valence-corrected chi connectivity index (χ0v) is 30.8. The lowest BCUT2D eigenvalue weighted by molar-refractivity contribution is -0.161. The molecule has 47 heavy (non-hydrogen) atoms. The Hall–Kier alpha value is -1.73. The highest BCUT2D eigenvalue weighted by Crippen LogP contribution is 2.36. The van der Waals surface area contributed by atoms with Crippen LogP contribution in [0.5, 0.6) is 0 Å². The Bertz CT molecular complexity index is 864. The first-order valence-corrected chi connectivity index (χ1v) is 20.3. The molecule has 0 aliphatic carbocycles. The zero-order valence-electron chi connectivity index (χ0n) is 29.9. The van der Waals surface area contributed by atoms with Gasteiger partial charge in [-0.15, -0.1) is 0 Å². The minimum atomic E-state index is -4.75. The molecule has 274 valence electrons. The van der Waals surface area contributed by atoms with Crippen molar-refractivity contribution in [1.29, 1.82) is 0 Å². The number of carbonyl (C=O) groups is 2. The molecule has 8 nitrogen and oxygen atoms in total. The van der Waals surface area contributed by atoms with Crippen molar-refractivity contribution in [2.45, 2.75) is 180 Å². The second-order valence-electron chi connectivity index (χ2n) is 12.5. The summed E-state index contributed by atoms with van der Waals surface area (Å²) in [6.45, 7) is 3.57. The zero-order chi connectivity index (χ0) is 34.7. The number of phosphoric acid groups is 1. The van der Waals surface area contributed by atoms with Crippen molar-refractivity contribution in [3.63, 3.8) is 0 Å². The molecule has 0 amide bonds. The van der Waals surface area contributed by atoms with Crippen LogP contribution in [0.25, 0.3) is 0 Å². The molecular formula is C38H69O8P. The third kappa shape index (κ3) is 36.9. The second kappa shape index (κ2) is 34.1. The number of hydrogen-bond acceptors (Lipinski definition) is 6. The van der Waals surface area contributed by atoms with Gasteiger partial charge in [-0.2, -0.15) is 0 Å². The van der Waals surface area contributed by atoms with Crippen molar-refractivity contribution in [1.82, 2.24) is 0 Å². The van der Waals surface area contributed by atoms with Crippen LogP contribution in [0.3, 0.4) is 0 Å². The third-order valence-electron chi connectivity index (χ3n) is 7.86. The maximum Gasteiger partial charge on any atom is 0.469 e. The van der Waals surface area contributed by atoms with E-state index < -0.39 is 32.5 Å². The van der Waals surface area contributed by atoms with Gasteiger partial charge in [-0.05, 0) is 64.2 Å². The molecule has 0 heterocycles. The van der Waals surface area contributed by atoms with Gasteiger partial charge in [-0.1, -0.05) is 134 Å². The number of allylic oxidation sites excluding steroid dienone is 6. The first kappa shape index (κ1) is 45.3. The highest BCUT2D eigenvalue weighted by molar-refractivity contribution is 7.46.